The topological polar surface area (TPSA) is 56.0 Å². The van der Waals surface area contributed by atoms with Crippen molar-refractivity contribution in [1.82, 2.24) is 5.32 Å². The van der Waals surface area contributed by atoms with Crippen molar-refractivity contribution in [3.63, 3.8) is 0 Å². The van der Waals surface area contributed by atoms with Crippen LogP contribution in [0.25, 0.3) is 0 Å². The van der Waals surface area contributed by atoms with Crippen LogP contribution in [0, 0.1) is 11.3 Å². The second-order valence-corrected chi connectivity index (χ2v) is 4.37. The molecule has 2 rings (SSSR count). The molecule has 3 heteroatoms. The summed E-state index contributed by atoms with van der Waals surface area (Å²) in [4.78, 5) is 0. The lowest BCUT2D eigenvalue weighted by molar-refractivity contribution is 0.174. The normalized spacial score (nSPS) is 11.8. The largest absolute Gasteiger partial charge is 0.387 e. The molecule has 0 aliphatic carbocycles. The molecular formula is C16H16N2O. The highest BCUT2D eigenvalue weighted by Gasteiger charge is 2.05. The van der Waals surface area contributed by atoms with Gasteiger partial charge in [-0.2, -0.15) is 5.26 Å². The van der Waals surface area contributed by atoms with Gasteiger partial charge in [0.1, 0.15) is 0 Å². The van der Waals surface area contributed by atoms with Gasteiger partial charge in [0.05, 0.1) is 17.7 Å². The van der Waals surface area contributed by atoms with Crippen LogP contribution in [0.1, 0.15) is 22.8 Å². The van der Waals surface area contributed by atoms with E-state index in [2.05, 4.69) is 11.4 Å². The van der Waals surface area contributed by atoms with Crippen LogP contribution < -0.4 is 5.32 Å². The predicted molar refractivity (Wildman–Crippen MR) is 74.3 cm³/mol. The molecule has 0 amide bonds. The number of nitriles is 1. The van der Waals surface area contributed by atoms with E-state index >= 15 is 0 Å². The molecule has 2 N–H and O–H groups in total. The molecule has 0 aliphatic heterocycles. The standard InChI is InChI=1S/C16H16N2O/c17-10-13-5-4-6-14(9-13)11-18-12-16(19)15-7-2-1-3-8-15/h1-9,16,18-19H,11-12H2/t16-/m1/s1. The Morgan fingerprint density at radius 1 is 1.11 bits per heavy atom. The van der Waals surface area contributed by atoms with Crippen LogP contribution in [0.3, 0.4) is 0 Å². The van der Waals surface area contributed by atoms with Crippen molar-refractivity contribution in [3.8, 4) is 6.07 Å². The lowest BCUT2D eigenvalue weighted by atomic mass is 10.1. The Hall–Kier alpha value is -2.15. The van der Waals surface area contributed by atoms with Crippen molar-refractivity contribution >= 4 is 0 Å². The zero-order valence-corrected chi connectivity index (χ0v) is 10.6. The van der Waals surface area contributed by atoms with Crippen molar-refractivity contribution in [3.05, 3.63) is 71.3 Å². The molecule has 19 heavy (non-hydrogen) atoms. The number of hydrogen-bond donors (Lipinski definition) is 2. The van der Waals surface area contributed by atoms with E-state index in [4.69, 9.17) is 5.26 Å². The zero-order chi connectivity index (χ0) is 13.5. The molecule has 0 saturated carbocycles. The first-order valence-electron chi connectivity index (χ1n) is 6.22. The molecule has 96 valence electrons. The Labute approximate surface area is 113 Å². The van der Waals surface area contributed by atoms with Crippen LogP contribution in [0.5, 0.6) is 0 Å². The van der Waals surface area contributed by atoms with Crippen LogP contribution in [-0.2, 0) is 6.54 Å². The summed E-state index contributed by atoms with van der Waals surface area (Å²) in [7, 11) is 0. The molecule has 0 aromatic heterocycles. The average Bonchev–Trinajstić information content (AvgIpc) is 2.48. The van der Waals surface area contributed by atoms with E-state index in [0.717, 1.165) is 11.1 Å². The fraction of sp³-hybridized carbons (Fsp3) is 0.188. The third kappa shape index (κ3) is 3.92. The predicted octanol–water partition coefficient (Wildman–Crippen LogP) is 2.38. The van der Waals surface area contributed by atoms with Crippen molar-refractivity contribution in [2.24, 2.45) is 0 Å². The molecular weight excluding hydrogens is 236 g/mol. The molecule has 0 fully saturated rings. The van der Waals surface area contributed by atoms with Gasteiger partial charge in [0.2, 0.25) is 0 Å². The molecule has 0 unspecified atom stereocenters. The molecule has 0 spiro atoms. The van der Waals surface area contributed by atoms with Gasteiger partial charge in [-0.1, -0.05) is 42.5 Å². The third-order valence-electron chi connectivity index (χ3n) is 2.91. The number of aliphatic hydroxyl groups excluding tert-OH is 1. The van der Waals surface area contributed by atoms with E-state index in [0.29, 0.717) is 18.7 Å². The molecule has 1 atom stereocenters. The van der Waals surface area contributed by atoms with Crippen LogP contribution in [0.4, 0.5) is 0 Å². The summed E-state index contributed by atoms with van der Waals surface area (Å²) >= 11 is 0. The zero-order valence-electron chi connectivity index (χ0n) is 10.6. The summed E-state index contributed by atoms with van der Waals surface area (Å²) in [6.07, 6.45) is -0.514. The van der Waals surface area contributed by atoms with Gasteiger partial charge in [-0.25, -0.2) is 0 Å². The van der Waals surface area contributed by atoms with E-state index < -0.39 is 6.10 Å². The number of nitrogens with one attached hydrogen (secondary N) is 1. The molecule has 0 heterocycles. The van der Waals surface area contributed by atoms with Crippen LogP contribution in [0.15, 0.2) is 54.6 Å². The quantitative estimate of drug-likeness (QED) is 0.859. The number of benzene rings is 2. The van der Waals surface area contributed by atoms with Crippen molar-refractivity contribution in [2.75, 3.05) is 6.54 Å². The first-order chi connectivity index (χ1) is 9.29. The van der Waals surface area contributed by atoms with Crippen molar-refractivity contribution in [1.29, 1.82) is 5.26 Å². The second-order valence-electron chi connectivity index (χ2n) is 4.37. The maximum atomic E-state index is 9.98. The number of nitrogens with zero attached hydrogens (tertiary/aromatic N) is 1. The van der Waals surface area contributed by atoms with Gasteiger partial charge in [-0.15, -0.1) is 0 Å². The van der Waals surface area contributed by atoms with Crippen LogP contribution in [0.2, 0.25) is 0 Å². The minimum absolute atomic E-state index is 0.487. The van der Waals surface area contributed by atoms with E-state index in [-0.39, 0.29) is 0 Å². The molecule has 0 aliphatic rings. The van der Waals surface area contributed by atoms with Crippen LogP contribution in [-0.4, -0.2) is 11.7 Å². The SMILES string of the molecule is N#Cc1cccc(CNC[C@@H](O)c2ccccc2)c1. The van der Waals surface area contributed by atoms with E-state index in [9.17, 15) is 5.11 Å². The Balaban J connectivity index is 1.85. The molecule has 2 aromatic rings. The summed E-state index contributed by atoms with van der Waals surface area (Å²) in [6, 6.07) is 19.1. The molecule has 3 nitrogen and oxygen atoms in total. The Bertz CT molecular complexity index is 560. The number of hydrogen-bond acceptors (Lipinski definition) is 3. The molecule has 0 radical (unpaired) electrons. The number of rotatable bonds is 5. The van der Waals surface area contributed by atoms with Gasteiger partial charge in [0.25, 0.3) is 0 Å². The fourth-order valence-electron chi connectivity index (χ4n) is 1.90. The maximum Gasteiger partial charge on any atom is 0.0991 e. The highest BCUT2D eigenvalue weighted by molar-refractivity contribution is 5.32. The van der Waals surface area contributed by atoms with Crippen molar-refractivity contribution < 1.29 is 5.11 Å². The van der Waals surface area contributed by atoms with Gasteiger partial charge in [-0.3, -0.25) is 0 Å². The highest BCUT2D eigenvalue weighted by atomic mass is 16.3. The van der Waals surface area contributed by atoms with E-state index in [1.165, 1.54) is 0 Å². The minimum atomic E-state index is -0.514. The van der Waals surface area contributed by atoms with Crippen molar-refractivity contribution in [2.45, 2.75) is 12.6 Å². The Kier molecular flexibility index (Phi) is 4.68. The molecule has 0 saturated heterocycles. The minimum Gasteiger partial charge on any atom is -0.387 e. The summed E-state index contributed by atoms with van der Waals surface area (Å²) in [5.74, 6) is 0. The monoisotopic (exact) mass is 252 g/mol. The van der Waals surface area contributed by atoms with Gasteiger partial charge in [-0.05, 0) is 23.3 Å². The van der Waals surface area contributed by atoms with Gasteiger partial charge in [0.15, 0.2) is 0 Å². The molecule has 0 bridgehead atoms. The highest BCUT2D eigenvalue weighted by Crippen LogP contribution is 2.11. The first kappa shape index (κ1) is 13.3. The van der Waals surface area contributed by atoms with Gasteiger partial charge in [0, 0.05) is 13.1 Å². The first-order valence-corrected chi connectivity index (χ1v) is 6.22. The van der Waals surface area contributed by atoms with Crippen LogP contribution >= 0.6 is 0 Å². The third-order valence-corrected chi connectivity index (χ3v) is 2.91. The van der Waals surface area contributed by atoms with Gasteiger partial charge < -0.3 is 10.4 Å². The Morgan fingerprint density at radius 2 is 1.89 bits per heavy atom. The molecule has 2 aromatic carbocycles. The Morgan fingerprint density at radius 3 is 2.63 bits per heavy atom. The summed E-state index contributed by atoms with van der Waals surface area (Å²) in [5.41, 5.74) is 2.60. The van der Waals surface area contributed by atoms with E-state index in [1.54, 1.807) is 6.07 Å². The van der Waals surface area contributed by atoms with E-state index in [1.807, 2.05) is 48.5 Å². The lowest BCUT2D eigenvalue weighted by Crippen LogP contribution is -2.21. The average molecular weight is 252 g/mol. The second kappa shape index (κ2) is 6.69. The number of aliphatic hydroxyl groups is 1. The van der Waals surface area contributed by atoms with Gasteiger partial charge >= 0.3 is 0 Å². The smallest absolute Gasteiger partial charge is 0.0991 e. The maximum absolute atomic E-state index is 9.98. The summed E-state index contributed by atoms with van der Waals surface area (Å²) in [5, 5.41) is 22.0. The fourth-order valence-corrected chi connectivity index (χ4v) is 1.90. The summed E-state index contributed by atoms with van der Waals surface area (Å²) in [6.45, 7) is 1.13. The summed E-state index contributed by atoms with van der Waals surface area (Å²) < 4.78 is 0. The lowest BCUT2D eigenvalue weighted by Gasteiger charge is -2.12.